The molecule has 0 aliphatic carbocycles. The van der Waals surface area contributed by atoms with Crippen LogP contribution in [-0.2, 0) is 11.3 Å². The summed E-state index contributed by atoms with van der Waals surface area (Å²) in [6.07, 6.45) is 4.94. The molecule has 0 aliphatic heterocycles. The number of carboxylic acid groups (broad SMARTS) is 1. The molecule has 1 aromatic heterocycles. The number of carbonyl (C=O) groups is 1. The van der Waals surface area contributed by atoms with E-state index < -0.39 is 12.0 Å². The van der Waals surface area contributed by atoms with Crippen LogP contribution in [0, 0.1) is 5.41 Å². The number of carboxylic acids is 1. The fourth-order valence-corrected chi connectivity index (χ4v) is 2.10. The van der Waals surface area contributed by atoms with Gasteiger partial charge in [0.2, 0.25) is 0 Å². The zero-order valence-corrected chi connectivity index (χ0v) is 13.2. The maximum absolute atomic E-state index is 11.2. The summed E-state index contributed by atoms with van der Waals surface area (Å²) in [5.41, 5.74) is 1.11. The van der Waals surface area contributed by atoms with Crippen LogP contribution in [0.5, 0.6) is 0 Å². The van der Waals surface area contributed by atoms with Gasteiger partial charge in [-0.2, -0.15) is 0 Å². The third kappa shape index (κ3) is 6.68. The molecule has 1 atom stereocenters. The van der Waals surface area contributed by atoms with Crippen LogP contribution in [0.25, 0.3) is 0 Å². The average molecular weight is 329 g/mol. The van der Waals surface area contributed by atoms with E-state index >= 15 is 0 Å². The highest BCUT2D eigenvalue weighted by atomic mass is 79.9. The maximum atomic E-state index is 11.2. The molecule has 0 radical (unpaired) electrons. The minimum absolute atomic E-state index is 0.146. The van der Waals surface area contributed by atoms with E-state index in [1.807, 2.05) is 6.07 Å². The molecule has 4 nitrogen and oxygen atoms in total. The first kappa shape index (κ1) is 16.1. The van der Waals surface area contributed by atoms with Crippen molar-refractivity contribution in [2.45, 2.75) is 46.2 Å². The predicted octanol–water partition coefficient (Wildman–Crippen LogP) is 3.21. The number of nitrogens with one attached hydrogen (secondary N) is 1. The van der Waals surface area contributed by atoms with E-state index in [2.05, 4.69) is 47.0 Å². The number of halogens is 1. The molecule has 0 bridgehead atoms. The summed E-state index contributed by atoms with van der Waals surface area (Å²) in [4.78, 5) is 15.3. The van der Waals surface area contributed by atoms with Gasteiger partial charge in [0.15, 0.2) is 0 Å². The van der Waals surface area contributed by atoms with E-state index in [1.54, 1.807) is 12.4 Å². The molecule has 5 heteroatoms. The molecule has 0 saturated heterocycles. The van der Waals surface area contributed by atoms with Crippen molar-refractivity contribution in [3.63, 3.8) is 0 Å². The largest absolute Gasteiger partial charge is 0.480 e. The molecule has 0 amide bonds. The van der Waals surface area contributed by atoms with Gasteiger partial charge >= 0.3 is 5.97 Å². The van der Waals surface area contributed by atoms with Crippen LogP contribution in [-0.4, -0.2) is 22.1 Å². The Balaban J connectivity index is 2.52. The third-order valence-corrected chi connectivity index (χ3v) is 3.23. The van der Waals surface area contributed by atoms with Gasteiger partial charge in [-0.15, -0.1) is 0 Å². The Morgan fingerprint density at radius 1 is 1.47 bits per heavy atom. The third-order valence-electron chi connectivity index (χ3n) is 2.80. The molecule has 19 heavy (non-hydrogen) atoms. The van der Waals surface area contributed by atoms with Crippen LogP contribution in [0.4, 0.5) is 0 Å². The molecule has 0 aromatic carbocycles. The number of nitrogens with zero attached hydrogens (tertiary/aromatic N) is 1. The molecular formula is C14H21BrN2O2. The van der Waals surface area contributed by atoms with Gasteiger partial charge < -0.3 is 10.4 Å². The van der Waals surface area contributed by atoms with Crippen LogP contribution < -0.4 is 5.32 Å². The van der Waals surface area contributed by atoms with Gasteiger partial charge in [0.05, 0.1) is 0 Å². The first-order valence-electron chi connectivity index (χ1n) is 6.33. The lowest BCUT2D eigenvalue weighted by Crippen LogP contribution is -2.37. The number of pyridine rings is 1. The van der Waals surface area contributed by atoms with E-state index in [9.17, 15) is 9.90 Å². The molecule has 0 spiro atoms. The van der Waals surface area contributed by atoms with Crippen LogP contribution >= 0.6 is 15.9 Å². The Kier molecular flexibility index (Phi) is 5.94. The van der Waals surface area contributed by atoms with E-state index in [0.717, 1.165) is 16.5 Å². The zero-order valence-electron chi connectivity index (χ0n) is 11.6. The summed E-state index contributed by atoms with van der Waals surface area (Å²) in [6.45, 7) is 6.85. The average Bonchev–Trinajstić information content (AvgIpc) is 2.27. The van der Waals surface area contributed by atoms with Crippen LogP contribution in [0.2, 0.25) is 0 Å². The summed E-state index contributed by atoms with van der Waals surface area (Å²) in [6, 6.07) is 1.42. The number of hydrogen-bond acceptors (Lipinski definition) is 3. The lowest BCUT2D eigenvalue weighted by molar-refractivity contribution is -0.139. The van der Waals surface area contributed by atoms with Gasteiger partial charge in [0.1, 0.15) is 6.04 Å². The number of aliphatic carboxylic acids is 1. The molecule has 2 N–H and O–H groups in total. The van der Waals surface area contributed by atoms with Crippen LogP contribution in [0.15, 0.2) is 22.9 Å². The Labute approximate surface area is 122 Å². The van der Waals surface area contributed by atoms with Gasteiger partial charge in [-0.25, -0.2) is 0 Å². The minimum Gasteiger partial charge on any atom is -0.480 e. The SMILES string of the molecule is CC(C)(C)CC[C@H](NCc1cncc(Br)c1)C(=O)O. The summed E-state index contributed by atoms with van der Waals surface area (Å²) in [7, 11) is 0. The van der Waals surface area contributed by atoms with Gasteiger partial charge in [-0.05, 0) is 45.8 Å². The van der Waals surface area contributed by atoms with E-state index in [4.69, 9.17) is 0 Å². The van der Waals surface area contributed by atoms with Crippen molar-refractivity contribution in [2.24, 2.45) is 5.41 Å². The van der Waals surface area contributed by atoms with Crippen molar-refractivity contribution < 1.29 is 9.90 Å². The molecule has 1 aromatic rings. The highest BCUT2D eigenvalue weighted by Crippen LogP contribution is 2.21. The number of hydrogen-bond donors (Lipinski definition) is 2. The lowest BCUT2D eigenvalue weighted by Gasteiger charge is -2.21. The summed E-state index contributed by atoms with van der Waals surface area (Å²) < 4.78 is 0.897. The normalized spacial score (nSPS) is 13.3. The summed E-state index contributed by atoms with van der Waals surface area (Å²) in [5.74, 6) is -0.799. The Hall–Kier alpha value is -0.940. The minimum atomic E-state index is -0.799. The van der Waals surface area contributed by atoms with Crippen LogP contribution in [0.3, 0.4) is 0 Å². The van der Waals surface area contributed by atoms with Gasteiger partial charge in [-0.1, -0.05) is 20.8 Å². The van der Waals surface area contributed by atoms with E-state index in [1.165, 1.54) is 0 Å². The first-order valence-corrected chi connectivity index (χ1v) is 7.13. The molecule has 0 fully saturated rings. The highest BCUT2D eigenvalue weighted by Gasteiger charge is 2.20. The smallest absolute Gasteiger partial charge is 0.320 e. The fourth-order valence-electron chi connectivity index (χ4n) is 1.68. The second-order valence-electron chi connectivity index (χ2n) is 5.88. The van der Waals surface area contributed by atoms with Gasteiger partial charge in [0.25, 0.3) is 0 Å². The molecule has 106 valence electrons. The maximum Gasteiger partial charge on any atom is 0.320 e. The molecule has 0 saturated carbocycles. The van der Waals surface area contributed by atoms with Crippen molar-refractivity contribution in [1.29, 1.82) is 0 Å². The molecule has 1 heterocycles. The zero-order chi connectivity index (χ0) is 14.5. The topological polar surface area (TPSA) is 62.2 Å². The second kappa shape index (κ2) is 7.01. The van der Waals surface area contributed by atoms with Crippen molar-refractivity contribution in [1.82, 2.24) is 10.3 Å². The second-order valence-corrected chi connectivity index (χ2v) is 6.80. The van der Waals surface area contributed by atoms with Gasteiger partial charge in [0, 0.05) is 23.4 Å². The highest BCUT2D eigenvalue weighted by molar-refractivity contribution is 9.10. The van der Waals surface area contributed by atoms with E-state index in [0.29, 0.717) is 13.0 Å². The Morgan fingerprint density at radius 2 is 2.16 bits per heavy atom. The Morgan fingerprint density at radius 3 is 2.68 bits per heavy atom. The summed E-state index contributed by atoms with van der Waals surface area (Å²) >= 11 is 3.35. The van der Waals surface area contributed by atoms with Crippen molar-refractivity contribution in [2.75, 3.05) is 0 Å². The lowest BCUT2D eigenvalue weighted by atomic mass is 9.88. The molecular weight excluding hydrogens is 308 g/mol. The van der Waals surface area contributed by atoms with Crippen LogP contribution in [0.1, 0.15) is 39.2 Å². The van der Waals surface area contributed by atoms with Crippen molar-refractivity contribution in [3.8, 4) is 0 Å². The van der Waals surface area contributed by atoms with Crippen molar-refractivity contribution >= 4 is 21.9 Å². The molecule has 0 aliphatic rings. The van der Waals surface area contributed by atoms with Crippen molar-refractivity contribution in [3.05, 3.63) is 28.5 Å². The van der Waals surface area contributed by atoms with E-state index in [-0.39, 0.29) is 5.41 Å². The number of rotatable bonds is 6. The quantitative estimate of drug-likeness (QED) is 0.841. The molecule has 1 rings (SSSR count). The first-order chi connectivity index (χ1) is 8.78. The van der Waals surface area contributed by atoms with Gasteiger partial charge in [-0.3, -0.25) is 9.78 Å². The number of aromatic nitrogens is 1. The summed E-state index contributed by atoms with van der Waals surface area (Å²) in [5, 5.41) is 12.3. The molecule has 0 unspecified atom stereocenters. The fraction of sp³-hybridized carbons (Fsp3) is 0.571. The Bertz CT molecular complexity index is 430. The standard InChI is InChI=1S/C14H21BrN2O2/c1-14(2,3)5-4-12(13(18)19)17-8-10-6-11(15)9-16-7-10/h6-7,9,12,17H,4-5,8H2,1-3H3,(H,18,19)/t12-/m0/s1. The monoisotopic (exact) mass is 328 g/mol. The predicted molar refractivity (Wildman–Crippen MR) is 78.9 cm³/mol.